The summed E-state index contributed by atoms with van der Waals surface area (Å²) in [4.78, 5) is 23.1. The molecule has 1 fully saturated rings. The van der Waals surface area contributed by atoms with E-state index in [2.05, 4.69) is 0 Å². The topological polar surface area (TPSA) is 71.5 Å². The number of anilines is 1. The van der Waals surface area contributed by atoms with Crippen molar-refractivity contribution in [3.63, 3.8) is 0 Å². The van der Waals surface area contributed by atoms with Crippen molar-refractivity contribution in [2.45, 2.75) is 13.8 Å². The molecule has 19 heavy (non-hydrogen) atoms. The first-order valence-electron chi connectivity index (χ1n) is 5.61. The van der Waals surface area contributed by atoms with Gasteiger partial charge in [-0.05, 0) is 36.2 Å². The molecule has 7 heteroatoms. The number of amides is 1. The molecule has 1 aliphatic heterocycles. The molecule has 0 bridgehead atoms. The van der Waals surface area contributed by atoms with Gasteiger partial charge in [-0.3, -0.25) is 9.59 Å². The molecule has 102 valence electrons. The minimum absolute atomic E-state index is 0.157. The van der Waals surface area contributed by atoms with Crippen LogP contribution in [0.15, 0.2) is 18.2 Å². The number of halogens is 1. The van der Waals surface area contributed by atoms with Crippen molar-refractivity contribution in [2.75, 3.05) is 10.1 Å². The molecule has 0 saturated carbocycles. The van der Waals surface area contributed by atoms with Crippen LogP contribution in [0.2, 0.25) is 0 Å². The number of rotatable bonds is 2. The zero-order chi connectivity index (χ0) is 14.4. The highest BCUT2D eigenvalue weighted by molar-refractivity contribution is 7.94. The van der Waals surface area contributed by atoms with E-state index < -0.39 is 27.1 Å². The number of carbonyl (C=O) groups excluding carboxylic acids is 2. The summed E-state index contributed by atoms with van der Waals surface area (Å²) in [5.41, 5.74) is 0.943. The van der Waals surface area contributed by atoms with E-state index >= 15 is 0 Å². The van der Waals surface area contributed by atoms with E-state index in [1.165, 1.54) is 12.1 Å². The van der Waals surface area contributed by atoms with Crippen molar-refractivity contribution in [3.8, 4) is 0 Å². The molecule has 1 heterocycles. The summed E-state index contributed by atoms with van der Waals surface area (Å²) in [5, 5.41) is -0.696. The van der Waals surface area contributed by atoms with Gasteiger partial charge in [-0.2, -0.15) is 0 Å². The highest BCUT2D eigenvalue weighted by atomic mass is 35.5. The Bertz CT molecular complexity index is 668. The van der Waals surface area contributed by atoms with Gasteiger partial charge in [-0.15, -0.1) is 0 Å². The molecule has 0 N–H and O–H groups in total. The second-order valence-electron chi connectivity index (χ2n) is 4.56. The third kappa shape index (κ3) is 2.37. The van der Waals surface area contributed by atoms with Crippen LogP contribution in [0.5, 0.6) is 0 Å². The van der Waals surface area contributed by atoms with Gasteiger partial charge >= 0.3 is 0 Å². The number of hydrogen-bond donors (Lipinski definition) is 0. The van der Waals surface area contributed by atoms with Gasteiger partial charge in [0.05, 0.1) is 17.4 Å². The van der Waals surface area contributed by atoms with Crippen molar-refractivity contribution in [2.24, 2.45) is 5.92 Å². The highest BCUT2D eigenvalue weighted by Crippen LogP contribution is 2.31. The predicted octanol–water partition coefficient (Wildman–Crippen LogP) is 1.69. The highest BCUT2D eigenvalue weighted by Gasteiger charge is 2.42. The first-order valence-corrected chi connectivity index (χ1v) is 7.60. The fourth-order valence-electron chi connectivity index (χ4n) is 2.02. The Balaban J connectivity index is 2.61. The third-order valence-electron chi connectivity index (χ3n) is 3.02. The Morgan fingerprint density at radius 1 is 1.42 bits per heavy atom. The SMILES string of the molecule is Cc1ccc(C(=O)Cl)cc1N1C(=O)C(C)CS1(=O)=O. The zero-order valence-corrected chi connectivity index (χ0v) is 12.0. The van der Waals surface area contributed by atoms with Gasteiger partial charge in [-0.25, -0.2) is 12.7 Å². The van der Waals surface area contributed by atoms with Crippen molar-refractivity contribution < 1.29 is 18.0 Å². The van der Waals surface area contributed by atoms with Gasteiger partial charge in [-0.1, -0.05) is 13.0 Å². The quantitative estimate of drug-likeness (QED) is 0.779. The van der Waals surface area contributed by atoms with Gasteiger partial charge in [0.2, 0.25) is 15.9 Å². The first-order chi connectivity index (χ1) is 8.74. The monoisotopic (exact) mass is 301 g/mol. The van der Waals surface area contributed by atoms with Gasteiger partial charge in [0.1, 0.15) is 0 Å². The molecule has 1 saturated heterocycles. The van der Waals surface area contributed by atoms with Gasteiger partial charge in [0, 0.05) is 5.56 Å². The number of sulfonamides is 1. The second-order valence-corrected chi connectivity index (χ2v) is 6.76. The molecule has 1 aliphatic rings. The van der Waals surface area contributed by atoms with E-state index in [-0.39, 0.29) is 17.0 Å². The Kier molecular flexibility index (Phi) is 3.40. The molecule has 1 unspecified atom stereocenters. The van der Waals surface area contributed by atoms with E-state index in [9.17, 15) is 18.0 Å². The molecule has 5 nitrogen and oxygen atoms in total. The largest absolute Gasteiger partial charge is 0.276 e. The molecule has 0 aromatic heterocycles. The van der Waals surface area contributed by atoms with E-state index in [1.807, 2.05) is 0 Å². The van der Waals surface area contributed by atoms with Crippen molar-refractivity contribution in [1.29, 1.82) is 0 Å². The predicted molar refractivity (Wildman–Crippen MR) is 71.8 cm³/mol. The maximum absolute atomic E-state index is 12.0. The Morgan fingerprint density at radius 3 is 2.53 bits per heavy atom. The van der Waals surface area contributed by atoms with Crippen LogP contribution in [0.4, 0.5) is 5.69 Å². The summed E-state index contributed by atoms with van der Waals surface area (Å²) in [7, 11) is -3.67. The Labute approximate surface area is 116 Å². The van der Waals surface area contributed by atoms with E-state index in [4.69, 9.17) is 11.6 Å². The van der Waals surface area contributed by atoms with Crippen LogP contribution in [0.1, 0.15) is 22.8 Å². The van der Waals surface area contributed by atoms with E-state index in [0.717, 1.165) is 4.31 Å². The molecule has 2 rings (SSSR count). The zero-order valence-electron chi connectivity index (χ0n) is 10.4. The molecule has 0 aliphatic carbocycles. The van der Waals surface area contributed by atoms with Crippen LogP contribution in [-0.4, -0.2) is 25.3 Å². The number of hydrogen-bond acceptors (Lipinski definition) is 4. The van der Waals surface area contributed by atoms with Crippen LogP contribution in [0, 0.1) is 12.8 Å². The van der Waals surface area contributed by atoms with E-state index in [0.29, 0.717) is 5.56 Å². The van der Waals surface area contributed by atoms with Crippen molar-refractivity contribution in [1.82, 2.24) is 0 Å². The molecular formula is C12H12ClNO4S. The number of aryl methyl sites for hydroxylation is 1. The number of benzene rings is 1. The molecule has 0 spiro atoms. The fourth-order valence-corrected chi connectivity index (χ4v) is 4.01. The fraction of sp³-hybridized carbons (Fsp3) is 0.333. The second kappa shape index (κ2) is 4.61. The molecule has 1 aromatic carbocycles. The van der Waals surface area contributed by atoms with Crippen LogP contribution in [0.25, 0.3) is 0 Å². The summed E-state index contributed by atoms with van der Waals surface area (Å²) in [6, 6.07) is 4.39. The van der Waals surface area contributed by atoms with Crippen molar-refractivity contribution in [3.05, 3.63) is 29.3 Å². The smallest absolute Gasteiger partial charge is 0.252 e. The summed E-state index contributed by atoms with van der Waals surface area (Å²) in [5.74, 6) is -1.29. The van der Waals surface area contributed by atoms with E-state index in [1.54, 1.807) is 19.9 Å². The average molecular weight is 302 g/mol. The molecule has 1 atom stereocenters. The maximum atomic E-state index is 12.0. The summed E-state index contributed by atoms with van der Waals surface area (Å²) >= 11 is 5.38. The summed E-state index contributed by atoms with van der Waals surface area (Å²) in [6.07, 6.45) is 0. The Morgan fingerprint density at radius 2 is 2.05 bits per heavy atom. The summed E-state index contributed by atoms with van der Waals surface area (Å²) in [6.45, 7) is 3.23. The van der Waals surface area contributed by atoms with Gasteiger partial charge < -0.3 is 0 Å². The lowest BCUT2D eigenvalue weighted by molar-refractivity contribution is -0.119. The summed E-state index contributed by atoms with van der Waals surface area (Å²) < 4.78 is 24.8. The lowest BCUT2D eigenvalue weighted by Crippen LogP contribution is -2.31. The number of carbonyl (C=O) groups is 2. The lowest BCUT2D eigenvalue weighted by Gasteiger charge is -2.18. The molecule has 1 amide bonds. The lowest BCUT2D eigenvalue weighted by atomic mass is 10.1. The van der Waals surface area contributed by atoms with Gasteiger partial charge in [0.15, 0.2) is 0 Å². The maximum Gasteiger partial charge on any atom is 0.252 e. The Hall–Kier alpha value is -1.40. The van der Waals surface area contributed by atoms with Crippen LogP contribution >= 0.6 is 11.6 Å². The third-order valence-corrected chi connectivity index (χ3v) is 5.09. The first kappa shape index (κ1) is 14.0. The number of nitrogens with zero attached hydrogens (tertiary/aromatic N) is 1. The average Bonchev–Trinajstić information content (AvgIpc) is 2.49. The molecule has 1 aromatic rings. The molecule has 0 radical (unpaired) electrons. The van der Waals surface area contributed by atoms with Gasteiger partial charge in [0.25, 0.3) is 5.24 Å². The van der Waals surface area contributed by atoms with Crippen LogP contribution in [-0.2, 0) is 14.8 Å². The standard InChI is InChI=1S/C12H12ClNO4S/c1-7-3-4-9(11(13)15)5-10(7)14-12(16)8(2)6-19(14,17)18/h3-5,8H,6H2,1-2H3. The minimum atomic E-state index is -3.67. The van der Waals surface area contributed by atoms with Crippen LogP contribution in [0.3, 0.4) is 0 Å². The molecular weight excluding hydrogens is 290 g/mol. The van der Waals surface area contributed by atoms with Crippen LogP contribution < -0.4 is 4.31 Å². The minimum Gasteiger partial charge on any atom is -0.276 e. The normalized spacial score (nSPS) is 21.7. The van der Waals surface area contributed by atoms with Crippen molar-refractivity contribution >= 4 is 38.5 Å².